The number of rotatable bonds is 2. The van der Waals surface area contributed by atoms with Gasteiger partial charge in [-0.1, -0.05) is 0 Å². The first-order valence-electron chi connectivity index (χ1n) is 4.04. The second-order valence-corrected chi connectivity index (χ2v) is 3.43. The van der Waals surface area contributed by atoms with Crippen molar-refractivity contribution in [3.05, 3.63) is 17.0 Å². The lowest BCUT2D eigenvalue weighted by molar-refractivity contribution is 0.729. The topological polar surface area (TPSA) is 55.9 Å². The van der Waals surface area contributed by atoms with E-state index in [2.05, 4.69) is 10.4 Å². The van der Waals surface area contributed by atoms with Crippen LogP contribution in [0.5, 0.6) is 0 Å². The van der Waals surface area contributed by atoms with Gasteiger partial charge < -0.3 is 11.1 Å². The van der Waals surface area contributed by atoms with Crippen molar-refractivity contribution in [2.45, 2.75) is 20.4 Å². The van der Waals surface area contributed by atoms with Gasteiger partial charge in [0.1, 0.15) is 0 Å². The van der Waals surface area contributed by atoms with Gasteiger partial charge in [0.15, 0.2) is 5.11 Å². The molecular formula is C8H14N4S. The van der Waals surface area contributed by atoms with E-state index in [1.807, 2.05) is 25.6 Å². The van der Waals surface area contributed by atoms with Gasteiger partial charge in [0.2, 0.25) is 0 Å². The molecule has 4 nitrogen and oxygen atoms in total. The lowest BCUT2D eigenvalue weighted by Crippen LogP contribution is -2.28. The number of hydrogen-bond donors (Lipinski definition) is 2. The minimum atomic E-state index is 0.322. The quantitative estimate of drug-likeness (QED) is 0.674. The fourth-order valence-corrected chi connectivity index (χ4v) is 1.32. The number of thiocarbonyl (C=S) groups is 1. The van der Waals surface area contributed by atoms with Crippen LogP contribution in [0.25, 0.3) is 0 Å². The smallest absolute Gasteiger partial charge is 0.163 e. The number of hydrogen-bond acceptors (Lipinski definition) is 2. The molecule has 0 saturated heterocycles. The Morgan fingerprint density at radius 3 is 2.62 bits per heavy atom. The van der Waals surface area contributed by atoms with Crippen molar-refractivity contribution in [1.82, 2.24) is 15.1 Å². The van der Waals surface area contributed by atoms with Gasteiger partial charge in [-0.25, -0.2) is 0 Å². The highest BCUT2D eigenvalue weighted by molar-refractivity contribution is 7.80. The summed E-state index contributed by atoms with van der Waals surface area (Å²) in [5.41, 5.74) is 8.66. The normalized spacial score (nSPS) is 10.1. The molecule has 3 N–H and O–H groups in total. The van der Waals surface area contributed by atoms with Gasteiger partial charge in [0.25, 0.3) is 0 Å². The van der Waals surface area contributed by atoms with Crippen LogP contribution in [-0.4, -0.2) is 14.9 Å². The summed E-state index contributed by atoms with van der Waals surface area (Å²) in [7, 11) is 1.92. The Bertz CT molecular complexity index is 329. The van der Waals surface area contributed by atoms with Crippen molar-refractivity contribution in [3.63, 3.8) is 0 Å². The Morgan fingerprint density at radius 1 is 1.62 bits per heavy atom. The minimum Gasteiger partial charge on any atom is -0.376 e. The molecule has 1 aromatic rings. The summed E-state index contributed by atoms with van der Waals surface area (Å²) in [4.78, 5) is 0. The van der Waals surface area contributed by atoms with Gasteiger partial charge in [-0.15, -0.1) is 0 Å². The van der Waals surface area contributed by atoms with Crippen molar-refractivity contribution in [2.75, 3.05) is 0 Å². The molecule has 0 fully saturated rings. The van der Waals surface area contributed by atoms with Crippen LogP contribution in [0.3, 0.4) is 0 Å². The van der Waals surface area contributed by atoms with Crippen LogP contribution in [0, 0.1) is 13.8 Å². The van der Waals surface area contributed by atoms with E-state index >= 15 is 0 Å². The highest BCUT2D eigenvalue weighted by Crippen LogP contribution is 2.10. The molecule has 0 atom stereocenters. The van der Waals surface area contributed by atoms with Gasteiger partial charge in [0.05, 0.1) is 5.69 Å². The van der Waals surface area contributed by atoms with Crippen molar-refractivity contribution in [3.8, 4) is 0 Å². The molecule has 0 unspecified atom stereocenters. The molecule has 0 saturated carbocycles. The standard InChI is InChI=1S/C8H14N4S/c1-5-7(4-10-8(9)13)6(2)12(3)11-5/h4H2,1-3H3,(H3,9,10,13). The fraction of sp³-hybridized carbons (Fsp3) is 0.500. The van der Waals surface area contributed by atoms with E-state index in [1.165, 1.54) is 0 Å². The first-order valence-corrected chi connectivity index (χ1v) is 4.45. The molecule has 0 aliphatic rings. The molecule has 0 radical (unpaired) electrons. The summed E-state index contributed by atoms with van der Waals surface area (Å²) < 4.78 is 1.85. The molecule has 0 aliphatic carbocycles. The van der Waals surface area contributed by atoms with Crippen molar-refractivity contribution >= 4 is 17.3 Å². The van der Waals surface area contributed by atoms with E-state index in [1.54, 1.807) is 0 Å². The summed E-state index contributed by atoms with van der Waals surface area (Å²) in [5.74, 6) is 0. The van der Waals surface area contributed by atoms with Gasteiger partial charge in [0, 0.05) is 24.8 Å². The Balaban J connectivity index is 2.81. The molecule has 1 heterocycles. The Hall–Kier alpha value is -1.10. The van der Waals surface area contributed by atoms with Crippen LogP contribution < -0.4 is 11.1 Å². The summed E-state index contributed by atoms with van der Waals surface area (Å²) in [5, 5.41) is 7.52. The molecule has 1 aromatic heterocycles. The largest absolute Gasteiger partial charge is 0.376 e. The Morgan fingerprint density at radius 2 is 2.23 bits per heavy atom. The number of aryl methyl sites for hydroxylation is 2. The number of nitrogens with zero attached hydrogens (tertiary/aromatic N) is 2. The van der Waals surface area contributed by atoms with Crippen LogP contribution >= 0.6 is 12.2 Å². The maximum atomic E-state index is 5.34. The summed E-state index contributed by atoms with van der Waals surface area (Å²) >= 11 is 4.73. The molecule has 13 heavy (non-hydrogen) atoms. The van der Waals surface area contributed by atoms with Gasteiger partial charge in [-0.2, -0.15) is 5.10 Å². The predicted octanol–water partition coefficient (Wildman–Crippen LogP) is 0.370. The predicted molar refractivity (Wildman–Crippen MR) is 56.3 cm³/mol. The summed E-state index contributed by atoms with van der Waals surface area (Å²) in [6.07, 6.45) is 0. The third kappa shape index (κ3) is 2.18. The second kappa shape index (κ2) is 3.74. The van der Waals surface area contributed by atoms with Gasteiger partial charge in [-0.3, -0.25) is 4.68 Å². The number of nitrogens with one attached hydrogen (secondary N) is 1. The van der Waals surface area contributed by atoms with Crippen LogP contribution in [-0.2, 0) is 13.6 Å². The monoisotopic (exact) mass is 198 g/mol. The van der Waals surface area contributed by atoms with Crippen LogP contribution in [0.4, 0.5) is 0 Å². The summed E-state index contributed by atoms with van der Waals surface area (Å²) in [6.45, 7) is 4.65. The van der Waals surface area contributed by atoms with E-state index in [-0.39, 0.29) is 0 Å². The third-order valence-corrected chi connectivity index (χ3v) is 2.24. The minimum absolute atomic E-state index is 0.322. The van der Waals surface area contributed by atoms with Gasteiger partial charge in [-0.05, 0) is 26.1 Å². The molecular weight excluding hydrogens is 184 g/mol. The highest BCUT2D eigenvalue weighted by Gasteiger charge is 2.08. The van der Waals surface area contributed by atoms with Crippen LogP contribution in [0.1, 0.15) is 17.0 Å². The molecule has 0 aliphatic heterocycles. The number of aromatic nitrogens is 2. The first-order chi connectivity index (χ1) is 6.02. The van der Waals surface area contributed by atoms with E-state index in [9.17, 15) is 0 Å². The maximum absolute atomic E-state index is 5.34. The molecule has 5 heteroatoms. The lowest BCUT2D eigenvalue weighted by atomic mass is 10.2. The van der Waals surface area contributed by atoms with E-state index in [0.29, 0.717) is 11.7 Å². The SMILES string of the molecule is Cc1nn(C)c(C)c1CNC(N)=S. The van der Waals surface area contributed by atoms with Crippen LogP contribution in [0.15, 0.2) is 0 Å². The Labute approximate surface area is 83.1 Å². The zero-order valence-electron chi connectivity index (χ0n) is 8.09. The Kier molecular flexibility index (Phi) is 2.87. The zero-order chi connectivity index (χ0) is 10.0. The zero-order valence-corrected chi connectivity index (χ0v) is 8.90. The molecule has 72 valence electrons. The fourth-order valence-electron chi connectivity index (χ4n) is 1.25. The van der Waals surface area contributed by atoms with E-state index < -0.39 is 0 Å². The second-order valence-electron chi connectivity index (χ2n) is 2.99. The van der Waals surface area contributed by atoms with Crippen molar-refractivity contribution < 1.29 is 0 Å². The molecule has 0 aromatic carbocycles. The van der Waals surface area contributed by atoms with E-state index in [0.717, 1.165) is 17.0 Å². The summed E-state index contributed by atoms with van der Waals surface area (Å²) in [6, 6.07) is 0. The maximum Gasteiger partial charge on any atom is 0.163 e. The first kappa shape index (κ1) is 9.98. The third-order valence-electron chi connectivity index (χ3n) is 2.10. The van der Waals surface area contributed by atoms with Crippen LogP contribution in [0.2, 0.25) is 0 Å². The van der Waals surface area contributed by atoms with Gasteiger partial charge >= 0.3 is 0 Å². The molecule has 0 bridgehead atoms. The van der Waals surface area contributed by atoms with Crippen molar-refractivity contribution in [1.29, 1.82) is 0 Å². The molecule has 1 rings (SSSR count). The lowest BCUT2D eigenvalue weighted by Gasteiger charge is -2.03. The molecule has 0 spiro atoms. The average Bonchev–Trinajstić information content (AvgIpc) is 2.24. The highest BCUT2D eigenvalue weighted by atomic mass is 32.1. The number of nitrogens with two attached hydrogens (primary N) is 1. The molecule has 0 amide bonds. The van der Waals surface area contributed by atoms with Crippen molar-refractivity contribution in [2.24, 2.45) is 12.8 Å². The average molecular weight is 198 g/mol. The van der Waals surface area contributed by atoms with E-state index in [4.69, 9.17) is 18.0 Å².